The van der Waals surface area contributed by atoms with Crippen LogP contribution < -0.4 is 14.8 Å². The predicted octanol–water partition coefficient (Wildman–Crippen LogP) is 4.98. The number of rotatable bonds is 10. The van der Waals surface area contributed by atoms with Gasteiger partial charge in [0.25, 0.3) is 0 Å². The summed E-state index contributed by atoms with van der Waals surface area (Å²) in [5.74, 6) is 1.74. The second-order valence-corrected chi connectivity index (χ2v) is 7.22. The lowest BCUT2D eigenvalue weighted by Crippen LogP contribution is -2.09. The molecule has 0 aliphatic heterocycles. The van der Waals surface area contributed by atoms with Crippen LogP contribution in [0.5, 0.6) is 11.5 Å². The van der Waals surface area contributed by atoms with Crippen LogP contribution in [0.25, 0.3) is 0 Å². The minimum Gasteiger partial charge on any atom is -0.493 e. The molecule has 0 unspecified atom stereocenters. The van der Waals surface area contributed by atoms with Crippen LogP contribution in [0.3, 0.4) is 0 Å². The number of aryl methyl sites for hydroxylation is 1. The Bertz CT molecular complexity index is 948. The van der Waals surface area contributed by atoms with E-state index < -0.39 is 0 Å². The second kappa shape index (κ2) is 10.3. The van der Waals surface area contributed by atoms with Crippen molar-refractivity contribution in [3.8, 4) is 11.5 Å². The third-order valence-electron chi connectivity index (χ3n) is 4.37. The zero-order chi connectivity index (χ0) is 20.6. The number of hydrogen-bond donors (Lipinski definition) is 1. The van der Waals surface area contributed by atoms with Crippen molar-refractivity contribution in [2.45, 2.75) is 39.5 Å². The van der Waals surface area contributed by atoms with E-state index in [2.05, 4.69) is 27.8 Å². The zero-order valence-corrected chi connectivity index (χ0v) is 17.9. The van der Waals surface area contributed by atoms with Crippen molar-refractivity contribution in [2.75, 3.05) is 12.4 Å². The minimum absolute atomic E-state index is 0.316. The highest BCUT2D eigenvalue weighted by molar-refractivity contribution is 6.31. The molecule has 1 N–H and O–H groups in total. The molecule has 29 heavy (non-hydrogen) atoms. The maximum Gasteiger partial charge on any atom is 0.243 e. The van der Waals surface area contributed by atoms with Crippen LogP contribution >= 0.6 is 23.2 Å². The molecule has 0 aliphatic rings. The zero-order valence-electron chi connectivity index (χ0n) is 16.4. The molecule has 0 saturated carbocycles. The van der Waals surface area contributed by atoms with Gasteiger partial charge in [-0.05, 0) is 34.5 Å². The summed E-state index contributed by atoms with van der Waals surface area (Å²) < 4.78 is 13.1. The van der Waals surface area contributed by atoms with Gasteiger partial charge in [-0.2, -0.15) is 0 Å². The summed E-state index contributed by atoms with van der Waals surface area (Å²) in [6, 6.07) is 11.1. The Balaban J connectivity index is 1.70. The number of unbranched alkanes of at least 4 members (excludes halogenated alkanes) is 1. The average Bonchev–Trinajstić information content (AvgIpc) is 3.18. The molecule has 3 rings (SSSR count). The number of aromatic nitrogens is 4. The summed E-state index contributed by atoms with van der Waals surface area (Å²) in [6.07, 6.45) is 2.07. The molecule has 154 valence electrons. The molecule has 0 aliphatic carbocycles. The first-order valence-electron chi connectivity index (χ1n) is 9.35. The first kappa shape index (κ1) is 21.2. The molecule has 0 amide bonds. The summed E-state index contributed by atoms with van der Waals surface area (Å²) in [6.45, 7) is 3.65. The molecule has 0 fully saturated rings. The fraction of sp³-hybridized carbons (Fsp3) is 0.350. The molecule has 0 spiro atoms. The van der Waals surface area contributed by atoms with Crippen LogP contribution in [0.4, 0.5) is 5.95 Å². The Hall–Kier alpha value is -2.51. The fourth-order valence-corrected chi connectivity index (χ4v) is 3.13. The number of tetrazole rings is 1. The lowest BCUT2D eigenvalue weighted by atomic mass is 10.2. The van der Waals surface area contributed by atoms with Gasteiger partial charge in [-0.15, -0.1) is 0 Å². The molecule has 1 aromatic heterocycles. The lowest BCUT2D eigenvalue weighted by Gasteiger charge is -2.15. The molecule has 9 heteroatoms. The quantitative estimate of drug-likeness (QED) is 0.483. The van der Waals surface area contributed by atoms with Crippen molar-refractivity contribution in [3.05, 3.63) is 57.6 Å². The van der Waals surface area contributed by atoms with Gasteiger partial charge in [-0.1, -0.05) is 59.8 Å². The number of anilines is 1. The van der Waals surface area contributed by atoms with E-state index in [1.165, 1.54) is 0 Å². The lowest BCUT2D eigenvalue weighted by molar-refractivity contribution is 0.284. The van der Waals surface area contributed by atoms with Crippen LogP contribution in [-0.4, -0.2) is 27.3 Å². The topological polar surface area (TPSA) is 74.1 Å². The van der Waals surface area contributed by atoms with Crippen LogP contribution in [0.2, 0.25) is 10.0 Å². The van der Waals surface area contributed by atoms with Gasteiger partial charge >= 0.3 is 0 Å². The number of methoxy groups -OCH3 is 1. The van der Waals surface area contributed by atoms with Gasteiger partial charge in [-0.3, -0.25) is 0 Å². The van der Waals surface area contributed by atoms with E-state index in [9.17, 15) is 0 Å². The highest BCUT2D eigenvalue weighted by atomic mass is 35.5. The second-order valence-electron chi connectivity index (χ2n) is 6.41. The molecular weight excluding hydrogens is 413 g/mol. The maximum atomic E-state index is 6.47. The molecule has 0 saturated heterocycles. The van der Waals surface area contributed by atoms with Crippen LogP contribution in [-0.2, 0) is 19.7 Å². The molecule has 2 aromatic carbocycles. The van der Waals surface area contributed by atoms with Crippen molar-refractivity contribution >= 4 is 29.2 Å². The molecule has 1 heterocycles. The SMILES string of the molecule is CCCCn1nnnc1NCc1cc(OC)c(OCc2ccccc2Cl)cc1Cl. The Morgan fingerprint density at radius 2 is 1.90 bits per heavy atom. The predicted molar refractivity (Wildman–Crippen MR) is 114 cm³/mol. The average molecular weight is 436 g/mol. The molecule has 0 atom stereocenters. The Morgan fingerprint density at radius 1 is 1.07 bits per heavy atom. The molecule has 0 radical (unpaired) electrons. The smallest absolute Gasteiger partial charge is 0.243 e. The first-order chi connectivity index (χ1) is 14.1. The molecule has 0 bridgehead atoms. The number of ether oxygens (including phenoxy) is 2. The fourth-order valence-electron chi connectivity index (χ4n) is 2.72. The van der Waals surface area contributed by atoms with E-state index in [4.69, 9.17) is 32.7 Å². The standard InChI is InChI=1S/C20H23Cl2N5O2/c1-3-4-9-27-20(24-25-26-27)23-12-15-10-18(28-2)19(11-17(15)22)29-13-14-7-5-6-8-16(14)21/h5-8,10-11H,3-4,9,12-13H2,1-2H3,(H,23,24,26). The molecule has 7 nitrogen and oxygen atoms in total. The van der Waals surface area contributed by atoms with Gasteiger partial charge in [-0.25, -0.2) is 4.68 Å². The van der Waals surface area contributed by atoms with E-state index in [0.717, 1.165) is 30.5 Å². The van der Waals surface area contributed by atoms with E-state index in [-0.39, 0.29) is 0 Å². The van der Waals surface area contributed by atoms with E-state index in [0.29, 0.717) is 40.6 Å². The summed E-state index contributed by atoms with van der Waals surface area (Å²) in [4.78, 5) is 0. The number of nitrogens with one attached hydrogen (secondary N) is 1. The van der Waals surface area contributed by atoms with E-state index in [1.807, 2.05) is 30.3 Å². The largest absolute Gasteiger partial charge is 0.493 e. The highest BCUT2D eigenvalue weighted by Crippen LogP contribution is 2.34. The van der Waals surface area contributed by atoms with E-state index in [1.54, 1.807) is 17.9 Å². The first-order valence-corrected chi connectivity index (χ1v) is 10.1. The number of benzene rings is 2. The Kier molecular flexibility index (Phi) is 7.55. The third kappa shape index (κ3) is 5.52. The van der Waals surface area contributed by atoms with Gasteiger partial charge in [0.2, 0.25) is 5.95 Å². The van der Waals surface area contributed by atoms with Crippen LogP contribution in [0, 0.1) is 0 Å². The highest BCUT2D eigenvalue weighted by Gasteiger charge is 2.13. The number of nitrogens with zero attached hydrogens (tertiary/aromatic N) is 4. The van der Waals surface area contributed by atoms with Gasteiger partial charge in [0, 0.05) is 34.8 Å². The van der Waals surface area contributed by atoms with Gasteiger partial charge < -0.3 is 14.8 Å². The van der Waals surface area contributed by atoms with Crippen molar-refractivity contribution < 1.29 is 9.47 Å². The van der Waals surface area contributed by atoms with Crippen LogP contribution in [0.15, 0.2) is 36.4 Å². The van der Waals surface area contributed by atoms with Crippen molar-refractivity contribution in [1.82, 2.24) is 20.2 Å². The van der Waals surface area contributed by atoms with Gasteiger partial charge in [0.05, 0.1) is 7.11 Å². The third-order valence-corrected chi connectivity index (χ3v) is 5.09. The summed E-state index contributed by atoms with van der Waals surface area (Å²) >= 11 is 12.7. The minimum atomic E-state index is 0.316. The summed E-state index contributed by atoms with van der Waals surface area (Å²) in [5.41, 5.74) is 1.73. The Labute approximate surface area is 179 Å². The summed E-state index contributed by atoms with van der Waals surface area (Å²) in [5, 5.41) is 16.2. The van der Waals surface area contributed by atoms with E-state index >= 15 is 0 Å². The summed E-state index contributed by atoms with van der Waals surface area (Å²) in [7, 11) is 1.59. The number of halogens is 2. The van der Waals surface area contributed by atoms with Gasteiger partial charge in [0.1, 0.15) is 6.61 Å². The monoisotopic (exact) mass is 435 g/mol. The van der Waals surface area contributed by atoms with Crippen LogP contribution in [0.1, 0.15) is 30.9 Å². The van der Waals surface area contributed by atoms with Gasteiger partial charge in [0.15, 0.2) is 11.5 Å². The normalized spacial score (nSPS) is 10.8. The number of hydrogen-bond acceptors (Lipinski definition) is 6. The molecular formula is C20H23Cl2N5O2. The van der Waals surface area contributed by atoms with Crippen molar-refractivity contribution in [3.63, 3.8) is 0 Å². The maximum absolute atomic E-state index is 6.47. The Morgan fingerprint density at radius 3 is 2.66 bits per heavy atom. The molecule has 3 aromatic rings. The van der Waals surface area contributed by atoms with Crippen molar-refractivity contribution in [2.24, 2.45) is 0 Å². The van der Waals surface area contributed by atoms with Crippen molar-refractivity contribution in [1.29, 1.82) is 0 Å².